The maximum absolute atomic E-state index is 12.6. The van der Waals surface area contributed by atoms with Crippen molar-refractivity contribution in [1.29, 1.82) is 0 Å². The molecule has 0 radical (unpaired) electrons. The number of hydrogen-bond acceptors (Lipinski definition) is 1. The molecule has 1 saturated heterocycles. The van der Waals surface area contributed by atoms with Crippen LogP contribution in [0.15, 0.2) is 30.3 Å². The summed E-state index contributed by atoms with van der Waals surface area (Å²) in [5.41, 5.74) is 0.0286. The van der Waals surface area contributed by atoms with Crippen molar-refractivity contribution >= 4 is 6.08 Å². The minimum Gasteiger partial charge on any atom is -0.310 e. The van der Waals surface area contributed by atoms with E-state index < -0.39 is 11.7 Å². The van der Waals surface area contributed by atoms with Crippen molar-refractivity contribution in [2.75, 3.05) is 6.54 Å². The highest BCUT2D eigenvalue weighted by Gasteiger charge is 2.37. The lowest BCUT2D eigenvalue weighted by molar-refractivity contribution is -0.137. The lowest BCUT2D eigenvalue weighted by atomic mass is 9.93. The smallest absolute Gasteiger partial charge is 0.310 e. The first-order valence-electron chi connectivity index (χ1n) is 7.13. The van der Waals surface area contributed by atoms with Gasteiger partial charge in [-0.3, -0.25) is 0 Å². The molecule has 4 heteroatoms. The first-order valence-corrected chi connectivity index (χ1v) is 7.13. The van der Waals surface area contributed by atoms with E-state index in [2.05, 4.69) is 5.32 Å². The summed E-state index contributed by atoms with van der Waals surface area (Å²) >= 11 is 0. The van der Waals surface area contributed by atoms with Gasteiger partial charge in [-0.05, 0) is 48.9 Å². The van der Waals surface area contributed by atoms with Gasteiger partial charge in [0, 0.05) is 6.04 Å². The van der Waals surface area contributed by atoms with Gasteiger partial charge in [-0.1, -0.05) is 30.7 Å². The summed E-state index contributed by atoms with van der Waals surface area (Å²) in [4.78, 5) is 0. The van der Waals surface area contributed by atoms with Gasteiger partial charge in [0.05, 0.1) is 5.56 Å². The van der Waals surface area contributed by atoms with Gasteiger partial charge in [-0.2, -0.15) is 13.2 Å². The van der Waals surface area contributed by atoms with Gasteiger partial charge in [-0.15, -0.1) is 0 Å². The minimum absolute atomic E-state index is 0.317. The van der Waals surface area contributed by atoms with Crippen LogP contribution >= 0.6 is 0 Å². The molecule has 0 amide bonds. The second kappa shape index (κ2) is 5.24. The highest BCUT2D eigenvalue weighted by molar-refractivity contribution is 5.51. The number of nitrogens with one attached hydrogen (secondary N) is 1. The Morgan fingerprint density at radius 1 is 1.20 bits per heavy atom. The zero-order valence-corrected chi connectivity index (χ0v) is 11.2. The van der Waals surface area contributed by atoms with Gasteiger partial charge in [0.15, 0.2) is 0 Å². The van der Waals surface area contributed by atoms with Crippen LogP contribution in [0.4, 0.5) is 13.2 Å². The number of hydrogen-bond donors (Lipinski definition) is 1. The summed E-state index contributed by atoms with van der Waals surface area (Å²) in [6.45, 7) is 1.04. The molecule has 1 aromatic rings. The third-order valence-corrected chi connectivity index (χ3v) is 4.50. The Kier molecular flexibility index (Phi) is 3.59. The highest BCUT2D eigenvalue weighted by Crippen LogP contribution is 2.38. The fraction of sp³-hybridized carbons (Fsp3) is 0.500. The molecule has 3 atom stereocenters. The van der Waals surface area contributed by atoms with E-state index in [4.69, 9.17) is 0 Å². The molecule has 108 valence electrons. The largest absolute Gasteiger partial charge is 0.416 e. The van der Waals surface area contributed by atoms with E-state index in [1.807, 2.05) is 12.2 Å². The van der Waals surface area contributed by atoms with E-state index in [1.165, 1.54) is 31.4 Å². The SMILES string of the molecule is FC(F)(F)c1cccc(/C=C/C2NCC3CCCC32)c1. The van der Waals surface area contributed by atoms with E-state index in [0.29, 0.717) is 17.5 Å². The van der Waals surface area contributed by atoms with Crippen LogP contribution < -0.4 is 5.32 Å². The normalized spacial score (nSPS) is 30.1. The van der Waals surface area contributed by atoms with Gasteiger partial charge < -0.3 is 5.32 Å². The van der Waals surface area contributed by atoms with Crippen molar-refractivity contribution in [2.24, 2.45) is 11.8 Å². The second-order valence-corrected chi connectivity index (χ2v) is 5.77. The standard InChI is InChI=1S/C16H18F3N/c17-16(18,19)13-5-1-3-11(9-13)7-8-15-14-6-2-4-12(14)10-20-15/h1,3,5,7-9,12,14-15,20H,2,4,6,10H2/b8-7+. The predicted octanol–water partition coefficient (Wildman–Crippen LogP) is 4.11. The van der Waals surface area contributed by atoms with Crippen LogP contribution in [0.2, 0.25) is 0 Å². The molecular weight excluding hydrogens is 263 g/mol. The Morgan fingerprint density at radius 3 is 2.85 bits per heavy atom. The lowest BCUT2D eigenvalue weighted by Crippen LogP contribution is -2.23. The first-order chi connectivity index (χ1) is 9.54. The molecular formula is C16H18F3N. The summed E-state index contributed by atoms with van der Waals surface area (Å²) in [6.07, 6.45) is 3.37. The fourth-order valence-corrected chi connectivity index (χ4v) is 3.47. The number of fused-ring (bicyclic) bond motifs is 1. The van der Waals surface area contributed by atoms with Crippen LogP contribution in [-0.2, 0) is 6.18 Å². The quantitative estimate of drug-likeness (QED) is 0.860. The molecule has 1 heterocycles. The van der Waals surface area contributed by atoms with Crippen molar-refractivity contribution in [2.45, 2.75) is 31.5 Å². The zero-order chi connectivity index (χ0) is 14.2. The third kappa shape index (κ3) is 2.75. The van der Waals surface area contributed by atoms with Crippen LogP contribution in [0.1, 0.15) is 30.4 Å². The number of benzene rings is 1. The number of rotatable bonds is 2. The maximum atomic E-state index is 12.6. The topological polar surface area (TPSA) is 12.0 Å². The molecule has 1 saturated carbocycles. The van der Waals surface area contributed by atoms with Crippen molar-refractivity contribution in [3.05, 3.63) is 41.5 Å². The summed E-state index contributed by atoms with van der Waals surface area (Å²) in [5, 5.41) is 3.46. The summed E-state index contributed by atoms with van der Waals surface area (Å²) in [5.74, 6) is 1.42. The Balaban J connectivity index is 1.73. The van der Waals surface area contributed by atoms with Gasteiger partial charge in [-0.25, -0.2) is 0 Å². The molecule has 20 heavy (non-hydrogen) atoms. The van der Waals surface area contributed by atoms with E-state index in [1.54, 1.807) is 6.07 Å². The molecule has 0 spiro atoms. The molecule has 0 bridgehead atoms. The fourth-order valence-electron chi connectivity index (χ4n) is 3.47. The van der Waals surface area contributed by atoms with Crippen LogP contribution in [0.25, 0.3) is 6.08 Å². The number of halogens is 3. The van der Waals surface area contributed by atoms with E-state index >= 15 is 0 Å². The Labute approximate surface area is 116 Å². The summed E-state index contributed by atoms with van der Waals surface area (Å²) in [6, 6.07) is 5.81. The Hall–Kier alpha value is -1.29. The van der Waals surface area contributed by atoms with Crippen molar-refractivity contribution in [3.8, 4) is 0 Å². The van der Waals surface area contributed by atoms with E-state index in [0.717, 1.165) is 18.5 Å². The zero-order valence-electron chi connectivity index (χ0n) is 11.2. The van der Waals surface area contributed by atoms with Gasteiger partial charge in [0.2, 0.25) is 0 Å². The lowest BCUT2D eigenvalue weighted by Gasteiger charge is -2.14. The Morgan fingerprint density at radius 2 is 2.05 bits per heavy atom. The third-order valence-electron chi connectivity index (χ3n) is 4.50. The van der Waals surface area contributed by atoms with Crippen molar-refractivity contribution < 1.29 is 13.2 Å². The number of alkyl halides is 3. The van der Waals surface area contributed by atoms with Crippen LogP contribution in [0.5, 0.6) is 0 Å². The highest BCUT2D eigenvalue weighted by atomic mass is 19.4. The average molecular weight is 281 g/mol. The summed E-state index contributed by atoms with van der Waals surface area (Å²) in [7, 11) is 0. The molecule has 1 aliphatic carbocycles. The molecule has 3 rings (SSSR count). The molecule has 1 N–H and O–H groups in total. The van der Waals surface area contributed by atoms with Crippen LogP contribution in [0, 0.1) is 11.8 Å². The second-order valence-electron chi connectivity index (χ2n) is 5.77. The average Bonchev–Trinajstić information content (AvgIpc) is 2.99. The maximum Gasteiger partial charge on any atom is 0.416 e. The molecule has 1 nitrogen and oxygen atoms in total. The molecule has 1 aromatic carbocycles. The van der Waals surface area contributed by atoms with E-state index in [-0.39, 0.29) is 0 Å². The van der Waals surface area contributed by atoms with Crippen LogP contribution in [0.3, 0.4) is 0 Å². The van der Waals surface area contributed by atoms with Gasteiger partial charge in [0.1, 0.15) is 0 Å². The molecule has 2 fully saturated rings. The van der Waals surface area contributed by atoms with Gasteiger partial charge in [0.25, 0.3) is 0 Å². The summed E-state index contributed by atoms with van der Waals surface area (Å²) < 4.78 is 37.9. The predicted molar refractivity (Wildman–Crippen MR) is 73.1 cm³/mol. The minimum atomic E-state index is -4.27. The molecule has 2 aliphatic rings. The monoisotopic (exact) mass is 281 g/mol. The first kappa shape index (κ1) is 13.7. The molecule has 1 aliphatic heterocycles. The Bertz CT molecular complexity index is 507. The van der Waals surface area contributed by atoms with Crippen molar-refractivity contribution in [1.82, 2.24) is 5.32 Å². The molecule has 3 unspecified atom stereocenters. The van der Waals surface area contributed by atoms with Crippen LogP contribution in [-0.4, -0.2) is 12.6 Å². The van der Waals surface area contributed by atoms with E-state index in [9.17, 15) is 13.2 Å². The van der Waals surface area contributed by atoms with Gasteiger partial charge >= 0.3 is 6.18 Å². The van der Waals surface area contributed by atoms with Crippen molar-refractivity contribution in [3.63, 3.8) is 0 Å². The molecule has 0 aromatic heterocycles.